The van der Waals surface area contributed by atoms with Crippen LogP contribution >= 0.6 is 11.8 Å². The van der Waals surface area contributed by atoms with E-state index in [1.807, 2.05) is 30.5 Å². The van der Waals surface area contributed by atoms with Gasteiger partial charge in [-0.15, -0.1) is 0 Å². The summed E-state index contributed by atoms with van der Waals surface area (Å²) in [4.78, 5) is 13.9. The molecule has 0 saturated carbocycles. The van der Waals surface area contributed by atoms with Crippen LogP contribution in [0.5, 0.6) is 0 Å². The summed E-state index contributed by atoms with van der Waals surface area (Å²) in [6.45, 7) is 7.37. The van der Waals surface area contributed by atoms with Crippen molar-refractivity contribution in [3.05, 3.63) is 0 Å². The molecule has 1 spiro atoms. The SMILES string of the molecule is CCN(CC)C(=O)CCNC1CCOC2(CCSCC2)C1. The zero-order chi connectivity index (χ0) is 15.1. The molecule has 1 amide bonds. The third-order valence-electron chi connectivity index (χ3n) is 4.79. The Labute approximate surface area is 133 Å². The number of carbonyl (C=O) groups excluding carboxylic acids is 1. The van der Waals surface area contributed by atoms with E-state index in [-0.39, 0.29) is 11.5 Å². The minimum Gasteiger partial charge on any atom is -0.375 e. The number of hydrogen-bond donors (Lipinski definition) is 1. The van der Waals surface area contributed by atoms with E-state index in [9.17, 15) is 4.79 Å². The van der Waals surface area contributed by atoms with Crippen LogP contribution in [-0.4, -0.2) is 60.2 Å². The summed E-state index contributed by atoms with van der Waals surface area (Å²) in [5.41, 5.74) is 0.129. The number of amides is 1. The number of nitrogens with zero attached hydrogens (tertiary/aromatic N) is 1. The summed E-state index contributed by atoms with van der Waals surface area (Å²) in [5, 5.41) is 3.59. The molecule has 2 heterocycles. The van der Waals surface area contributed by atoms with Crippen molar-refractivity contribution in [1.29, 1.82) is 0 Å². The number of nitrogens with one attached hydrogen (secondary N) is 1. The van der Waals surface area contributed by atoms with Gasteiger partial charge in [-0.2, -0.15) is 11.8 Å². The topological polar surface area (TPSA) is 41.6 Å². The molecular formula is C16H30N2O2S. The fourth-order valence-electron chi connectivity index (χ4n) is 3.41. The zero-order valence-electron chi connectivity index (χ0n) is 13.5. The summed E-state index contributed by atoms with van der Waals surface area (Å²) >= 11 is 2.04. The Bertz CT molecular complexity index is 323. The second kappa shape index (κ2) is 8.39. The number of hydrogen-bond acceptors (Lipinski definition) is 4. The molecule has 0 aromatic heterocycles. The Balaban J connectivity index is 1.72. The van der Waals surface area contributed by atoms with Gasteiger partial charge in [-0.1, -0.05) is 0 Å². The Morgan fingerprint density at radius 3 is 2.71 bits per heavy atom. The van der Waals surface area contributed by atoms with E-state index < -0.39 is 0 Å². The quantitative estimate of drug-likeness (QED) is 0.817. The Morgan fingerprint density at radius 1 is 1.33 bits per heavy atom. The van der Waals surface area contributed by atoms with Gasteiger partial charge in [0.1, 0.15) is 0 Å². The summed E-state index contributed by atoms with van der Waals surface area (Å²) in [6.07, 6.45) is 5.19. The molecule has 2 aliphatic heterocycles. The maximum atomic E-state index is 12.0. The van der Waals surface area contributed by atoms with Crippen LogP contribution in [0.15, 0.2) is 0 Å². The monoisotopic (exact) mass is 314 g/mol. The van der Waals surface area contributed by atoms with E-state index in [0.717, 1.165) is 39.1 Å². The molecule has 2 rings (SSSR count). The minimum atomic E-state index is 0.129. The summed E-state index contributed by atoms with van der Waals surface area (Å²) in [5.74, 6) is 2.73. The van der Waals surface area contributed by atoms with Crippen LogP contribution in [0.4, 0.5) is 0 Å². The van der Waals surface area contributed by atoms with Crippen molar-refractivity contribution in [3.63, 3.8) is 0 Å². The highest BCUT2D eigenvalue weighted by Crippen LogP contribution is 2.37. The average Bonchev–Trinajstić information content (AvgIpc) is 2.49. The van der Waals surface area contributed by atoms with E-state index in [1.54, 1.807) is 0 Å². The highest BCUT2D eigenvalue weighted by atomic mass is 32.2. The molecule has 122 valence electrons. The lowest BCUT2D eigenvalue weighted by molar-refractivity contribution is -0.130. The smallest absolute Gasteiger partial charge is 0.223 e. The molecule has 1 atom stereocenters. The van der Waals surface area contributed by atoms with Gasteiger partial charge in [-0.3, -0.25) is 4.79 Å². The fourth-order valence-corrected chi connectivity index (χ4v) is 4.65. The van der Waals surface area contributed by atoms with E-state index in [2.05, 4.69) is 5.32 Å². The van der Waals surface area contributed by atoms with E-state index in [0.29, 0.717) is 12.5 Å². The van der Waals surface area contributed by atoms with Crippen LogP contribution < -0.4 is 5.32 Å². The zero-order valence-corrected chi connectivity index (χ0v) is 14.3. The van der Waals surface area contributed by atoms with Crippen LogP contribution in [0.3, 0.4) is 0 Å². The highest BCUT2D eigenvalue weighted by molar-refractivity contribution is 7.99. The summed E-state index contributed by atoms with van der Waals surface area (Å²) in [7, 11) is 0. The first kappa shape index (κ1) is 17.1. The largest absolute Gasteiger partial charge is 0.375 e. The first-order chi connectivity index (χ1) is 10.2. The molecule has 5 heteroatoms. The molecule has 2 saturated heterocycles. The first-order valence-corrected chi connectivity index (χ1v) is 9.57. The third-order valence-corrected chi connectivity index (χ3v) is 5.77. The van der Waals surface area contributed by atoms with Gasteiger partial charge in [-0.05, 0) is 51.0 Å². The Kier molecular flexibility index (Phi) is 6.83. The van der Waals surface area contributed by atoms with Crippen molar-refractivity contribution in [3.8, 4) is 0 Å². The number of thioether (sulfide) groups is 1. The lowest BCUT2D eigenvalue weighted by Gasteiger charge is -2.43. The molecule has 0 aromatic rings. The van der Waals surface area contributed by atoms with E-state index in [4.69, 9.17) is 4.74 Å². The molecule has 2 aliphatic rings. The van der Waals surface area contributed by atoms with Crippen LogP contribution in [-0.2, 0) is 9.53 Å². The van der Waals surface area contributed by atoms with Gasteiger partial charge in [0.25, 0.3) is 0 Å². The van der Waals surface area contributed by atoms with E-state index >= 15 is 0 Å². The predicted molar refractivity (Wildman–Crippen MR) is 88.8 cm³/mol. The van der Waals surface area contributed by atoms with Crippen molar-refractivity contribution in [2.45, 2.75) is 57.6 Å². The Morgan fingerprint density at radius 2 is 2.05 bits per heavy atom. The molecule has 0 bridgehead atoms. The number of carbonyl (C=O) groups is 1. The van der Waals surface area contributed by atoms with Crippen LogP contribution in [0, 0.1) is 0 Å². The number of rotatable bonds is 6. The molecule has 21 heavy (non-hydrogen) atoms. The number of ether oxygens (including phenoxy) is 1. The van der Waals surface area contributed by atoms with Crippen molar-refractivity contribution in [1.82, 2.24) is 10.2 Å². The summed E-state index contributed by atoms with van der Waals surface area (Å²) in [6, 6.07) is 0.520. The molecule has 0 radical (unpaired) electrons. The van der Waals surface area contributed by atoms with E-state index in [1.165, 1.54) is 24.3 Å². The van der Waals surface area contributed by atoms with Crippen molar-refractivity contribution in [2.75, 3.05) is 37.7 Å². The molecule has 2 fully saturated rings. The third kappa shape index (κ3) is 4.86. The van der Waals surface area contributed by atoms with Gasteiger partial charge in [0, 0.05) is 38.7 Å². The predicted octanol–water partition coefficient (Wildman–Crippen LogP) is 2.28. The first-order valence-electron chi connectivity index (χ1n) is 8.42. The van der Waals surface area contributed by atoms with Gasteiger partial charge in [0.05, 0.1) is 5.60 Å². The van der Waals surface area contributed by atoms with Crippen molar-refractivity contribution in [2.24, 2.45) is 0 Å². The van der Waals surface area contributed by atoms with Crippen LogP contribution in [0.1, 0.15) is 46.0 Å². The van der Waals surface area contributed by atoms with Gasteiger partial charge >= 0.3 is 0 Å². The molecule has 1 unspecified atom stereocenters. The van der Waals surface area contributed by atoms with Crippen molar-refractivity contribution < 1.29 is 9.53 Å². The lowest BCUT2D eigenvalue weighted by atomic mass is 9.85. The maximum Gasteiger partial charge on any atom is 0.223 e. The second-order valence-electron chi connectivity index (χ2n) is 6.10. The highest BCUT2D eigenvalue weighted by Gasteiger charge is 2.38. The standard InChI is InChI=1S/C16H30N2O2S/c1-3-18(4-2)15(19)5-9-17-14-6-10-20-16(13-14)7-11-21-12-8-16/h14,17H,3-13H2,1-2H3. The van der Waals surface area contributed by atoms with Crippen LogP contribution in [0.2, 0.25) is 0 Å². The normalized spacial score (nSPS) is 25.0. The molecule has 1 N–H and O–H groups in total. The van der Waals surface area contributed by atoms with Gasteiger partial charge in [-0.25, -0.2) is 0 Å². The lowest BCUT2D eigenvalue weighted by Crippen LogP contribution is -2.49. The average molecular weight is 314 g/mol. The van der Waals surface area contributed by atoms with Gasteiger partial charge in [0.2, 0.25) is 5.91 Å². The molecular weight excluding hydrogens is 284 g/mol. The van der Waals surface area contributed by atoms with Crippen molar-refractivity contribution >= 4 is 17.7 Å². The Hall–Kier alpha value is -0.260. The fraction of sp³-hybridized carbons (Fsp3) is 0.938. The summed E-state index contributed by atoms with van der Waals surface area (Å²) < 4.78 is 6.11. The molecule has 0 aliphatic carbocycles. The molecule has 4 nitrogen and oxygen atoms in total. The van der Waals surface area contributed by atoms with Gasteiger partial charge in [0.15, 0.2) is 0 Å². The minimum absolute atomic E-state index is 0.129. The maximum absolute atomic E-state index is 12.0. The molecule has 0 aromatic carbocycles. The van der Waals surface area contributed by atoms with Crippen LogP contribution in [0.25, 0.3) is 0 Å². The van der Waals surface area contributed by atoms with Gasteiger partial charge < -0.3 is 15.0 Å². The second-order valence-corrected chi connectivity index (χ2v) is 7.33.